The Morgan fingerprint density at radius 3 is 2.50 bits per heavy atom. The largest absolute Gasteiger partial charge is 0.392 e. The third kappa shape index (κ3) is 2.53. The van der Waals surface area contributed by atoms with Crippen molar-refractivity contribution in [2.45, 2.75) is 69.2 Å². The Kier molecular flexibility index (Phi) is 4.48. The standard InChI is InChI=1S/C22H26FN3O4/c1-11(27)18-16-17(20(29)26(19(16)28)13-6-4-2-3-5-7-13)22(25-18)14-10-12(23)8-9-15(14)24-21(22)30/h8-11,13,16-18,25,27H,2-7H2,1H3,(H,24,30)/t11?,16-,17-,18?,22?/m0/s1. The fraction of sp³-hybridized carbons (Fsp3) is 0.591. The van der Waals surface area contributed by atoms with E-state index >= 15 is 0 Å². The Hall–Kier alpha value is -2.32. The second-order valence-electron chi connectivity index (χ2n) is 9.06. The van der Waals surface area contributed by atoms with Gasteiger partial charge in [-0.25, -0.2) is 4.39 Å². The van der Waals surface area contributed by atoms with Gasteiger partial charge in [-0.3, -0.25) is 24.6 Å². The normalized spacial score (nSPS) is 34.8. The molecule has 1 aromatic rings. The van der Waals surface area contributed by atoms with Gasteiger partial charge in [-0.15, -0.1) is 0 Å². The fourth-order valence-corrected chi connectivity index (χ4v) is 6.02. The zero-order valence-corrected chi connectivity index (χ0v) is 16.9. The van der Waals surface area contributed by atoms with Crippen molar-refractivity contribution in [2.24, 2.45) is 11.8 Å². The van der Waals surface area contributed by atoms with Gasteiger partial charge >= 0.3 is 0 Å². The highest BCUT2D eigenvalue weighted by Crippen LogP contribution is 2.54. The van der Waals surface area contributed by atoms with Crippen molar-refractivity contribution < 1.29 is 23.9 Å². The van der Waals surface area contributed by atoms with Gasteiger partial charge in [0.2, 0.25) is 17.7 Å². The molecule has 2 saturated heterocycles. The number of imide groups is 1. The second kappa shape index (κ2) is 6.85. The molecule has 4 aliphatic rings. The number of carbonyl (C=O) groups excluding carboxylic acids is 3. The SMILES string of the molecule is CC(O)C1NC2(C(=O)Nc3ccc(F)cc32)[C@@H]2C(=O)N(C3CCCCCC3)C(=O)[C@H]12. The molecule has 160 valence electrons. The third-order valence-electron chi connectivity index (χ3n) is 7.36. The van der Waals surface area contributed by atoms with Crippen LogP contribution in [-0.4, -0.2) is 45.9 Å². The van der Waals surface area contributed by atoms with Crippen molar-refractivity contribution in [1.29, 1.82) is 0 Å². The molecule has 3 amide bonds. The van der Waals surface area contributed by atoms with Gasteiger partial charge < -0.3 is 10.4 Å². The maximum absolute atomic E-state index is 14.1. The maximum Gasteiger partial charge on any atom is 0.250 e. The van der Waals surface area contributed by atoms with E-state index in [4.69, 9.17) is 0 Å². The van der Waals surface area contributed by atoms with Gasteiger partial charge in [-0.2, -0.15) is 0 Å². The van der Waals surface area contributed by atoms with E-state index in [9.17, 15) is 23.9 Å². The van der Waals surface area contributed by atoms with E-state index in [1.807, 2.05) is 0 Å². The first-order valence-corrected chi connectivity index (χ1v) is 10.8. The molecule has 30 heavy (non-hydrogen) atoms. The monoisotopic (exact) mass is 415 g/mol. The van der Waals surface area contributed by atoms with E-state index in [0.29, 0.717) is 11.3 Å². The first-order chi connectivity index (χ1) is 14.4. The zero-order chi connectivity index (χ0) is 21.2. The number of anilines is 1. The van der Waals surface area contributed by atoms with Crippen LogP contribution >= 0.6 is 0 Å². The predicted molar refractivity (Wildman–Crippen MR) is 106 cm³/mol. The molecular weight excluding hydrogens is 389 g/mol. The lowest BCUT2D eigenvalue weighted by Crippen LogP contribution is -2.55. The molecule has 0 aromatic heterocycles. The van der Waals surface area contributed by atoms with E-state index in [2.05, 4.69) is 10.6 Å². The van der Waals surface area contributed by atoms with Gasteiger partial charge in [-0.1, -0.05) is 25.7 Å². The number of nitrogens with zero attached hydrogens (tertiary/aromatic N) is 1. The molecule has 0 bridgehead atoms. The van der Waals surface area contributed by atoms with Crippen LogP contribution in [0.15, 0.2) is 18.2 Å². The minimum absolute atomic E-state index is 0.179. The number of benzene rings is 1. The number of likely N-dealkylation sites (tertiary alicyclic amines) is 1. The highest BCUT2D eigenvalue weighted by atomic mass is 19.1. The first kappa shape index (κ1) is 19.6. The quantitative estimate of drug-likeness (QED) is 0.504. The summed E-state index contributed by atoms with van der Waals surface area (Å²) in [5, 5.41) is 16.3. The summed E-state index contributed by atoms with van der Waals surface area (Å²) < 4.78 is 14.1. The van der Waals surface area contributed by atoms with Crippen LogP contribution in [0.5, 0.6) is 0 Å². The summed E-state index contributed by atoms with van der Waals surface area (Å²) in [7, 11) is 0. The summed E-state index contributed by atoms with van der Waals surface area (Å²) in [6.07, 6.45) is 4.62. The van der Waals surface area contributed by atoms with Crippen LogP contribution in [0.1, 0.15) is 51.0 Å². The molecule has 0 radical (unpaired) electrons. The van der Waals surface area contributed by atoms with Crippen LogP contribution in [-0.2, 0) is 19.9 Å². The molecule has 5 rings (SSSR count). The number of hydrogen-bond donors (Lipinski definition) is 3. The van der Waals surface area contributed by atoms with E-state index < -0.39 is 41.2 Å². The molecule has 3 unspecified atom stereocenters. The van der Waals surface area contributed by atoms with Crippen LogP contribution in [0, 0.1) is 17.7 Å². The molecule has 1 aliphatic carbocycles. The lowest BCUT2D eigenvalue weighted by Gasteiger charge is -2.32. The molecule has 5 atom stereocenters. The summed E-state index contributed by atoms with van der Waals surface area (Å²) in [6.45, 7) is 1.54. The average Bonchev–Trinajstić information content (AvgIpc) is 3.18. The summed E-state index contributed by atoms with van der Waals surface area (Å²) in [5.41, 5.74) is -0.808. The van der Waals surface area contributed by atoms with Gasteiger partial charge in [0, 0.05) is 23.3 Å². The van der Waals surface area contributed by atoms with Gasteiger partial charge in [0.1, 0.15) is 11.4 Å². The topological polar surface area (TPSA) is 98.7 Å². The second-order valence-corrected chi connectivity index (χ2v) is 9.06. The molecule has 3 heterocycles. The van der Waals surface area contributed by atoms with Crippen LogP contribution in [0.3, 0.4) is 0 Å². The summed E-state index contributed by atoms with van der Waals surface area (Å²) in [4.78, 5) is 41.8. The van der Waals surface area contributed by atoms with Crippen molar-refractivity contribution in [3.05, 3.63) is 29.6 Å². The Labute approximate surface area is 174 Å². The van der Waals surface area contributed by atoms with Crippen LogP contribution in [0.4, 0.5) is 10.1 Å². The fourth-order valence-electron chi connectivity index (χ4n) is 6.02. The molecule has 3 aliphatic heterocycles. The average molecular weight is 415 g/mol. The van der Waals surface area contributed by atoms with Crippen LogP contribution < -0.4 is 10.6 Å². The third-order valence-corrected chi connectivity index (χ3v) is 7.36. The van der Waals surface area contributed by atoms with Crippen LogP contribution in [0.25, 0.3) is 0 Å². The number of halogens is 1. The van der Waals surface area contributed by atoms with Gasteiger partial charge in [-0.05, 0) is 38.0 Å². The van der Waals surface area contributed by atoms with Gasteiger partial charge in [0.25, 0.3) is 0 Å². The Balaban J connectivity index is 1.63. The minimum Gasteiger partial charge on any atom is -0.392 e. The molecule has 1 spiro atoms. The van der Waals surface area contributed by atoms with Crippen molar-refractivity contribution in [3.8, 4) is 0 Å². The summed E-state index contributed by atoms with van der Waals surface area (Å²) >= 11 is 0. The number of amides is 3. The highest BCUT2D eigenvalue weighted by molar-refractivity contribution is 6.15. The van der Waals surface area contributed by atoms with Crippen molar-refractivity contribution in [1.82, 2.24) is 10.2 Å². The molecule has 1 saturated carbocycles. The minimum atomic E-state index is -1.56. The van der Waals surface area contributed by atoms with Crippen LogP contribution in [0.2, 0.25) is 0 Å². The van der Waals surface area contributed by atoms with Crippen molar-refractivity contribution in [2.75, 3.05) is 5.32 Å². The Morgan fingerprint density at radius 1 is 1.13 bits per heavy atom. The summed E-state index contributed by atoms with van der Waals surface area (Å²) in [6, 6.07) is 3.00. The number of carbonyl (C=O) groups is 3. The van der Waals surface area contributed by atoms with E-state index in [1.54, 1.807) is 6.92 Å². The predicted octanol–water partition coefficient (Wildman–Crippen LogP) is 1.65. The Morgan fingerprint density at radius 2 is 1.83 bits per heavy atom. The highest BCUT2D eigenvalue weighted by Gasteiger charge is 2.71. The number of aliphatic hydroxyl groups is 1. The van der Waals surface area contributed by atoms with Crippen molar-refractivity contribution in [3.63, 3.8) is 0 Å². The molecule has 7 nitrogen and oxygen atoms in total. The number of rotatable bonds is 2. The number of nitrogens with one attached hydrogen (secondary N) is 2. The zero-order valence-electron chi connectivity index (χ0n) is 16.9. The molecule has 3 fully saturated rings. The van der Waals surface area contributed by atoms with Gasteiger partial charge in [0.15, 0.2) is 0 Å². The van der Waals surface area contributed by atoms with E-state index in [0.717, 1.165) is 38.5 Å². The molecule has 3 N–H and O–H groups in total. The van der Waals surface area contributed by atoms with E-state index in [-0.39, 0.29) is 17.9 Å². The molecule has 1 aromatic carbocycles. The van der Waals surface area contributed by atoms with Crippen molar-refractivity contribution >= 4 is 23.4 Å². The molecular formula is C22H26FN3O4. The lowest BCUT2D eigenvalue weighted by atomic mass is 9.76. The summed E-state index contributed by atoms with van der Waals surface area (Å²) in [5.74, 6) is -3.59. The Bertz CT molecular complexity index is 927. The number of aliphatic hydroxyl groups excluding tert-OH is 1. The first-order valence-electron chi connectivity index (χ1n) is 10.8. The van der Waals surface area contributed by atoms with E-state index in [1.165, 1.54) is 23.1 Å². The maximum atomic E-state index is 14.1. The molecule has 8 heteroatoms. The lowest BCUT2D eigenvalue weighted by molar-refractivity contribution is -0.146. The number of hydrogen-bond acceptors (Lipinski definition) is 5. The number of fused-ring (bicyclic) bond motifs is 4. The smallest absolute Gasteiger partial charge is 0.250 e. The van der Waals surface area contributed by atoms with Gasteiger partial charge in [0.05, 0.1) is 17.9 Å².